The van der Waals surface area contributed by atoms with E-state index in [0.717, 1.165) is 36.7 Å². The van der Waals surface area contributed by atoms with Gasteiger partial charge in [-0.3, -0.25) is 0 Å². The minimum absolute atomic E-state index is 0.158. The van der Waals surface area contributed by atoms with Crippen LogP contribution in [-0.4, -0.2) is 6.54 Å². The Balaban J connectivity index is 2.25. The Morgan fingerprint density at radius 1 is 1.10 bits per heavy atom. The zero-order chi connectivity index (χ0) is 15.2. The molecule has 0 unspecified atom stereocenters. The molecule has 21 heavy (non-hydrogen) atoms. The van der Waals surface area contributed by atoms with Gasteiger partial charge in [0.2, 0.25) is 0 Å². The molecule has 112 valence electrons. The predicted molar refractivity (Wildman–Crippen MR) is 79.9 cm³/mol. The van der Waals surface area contributed by atoms with Gasteiger partial charge in [-0.25, -0.2) is 8.78 Å². The van der Waals surface area contributed by atoms with E-state index in [9.17, 15) is 8.78 Å². The fraction of sp³-hybridized carbons (Fsp3) is 0.250. The number of ether oxygens (including phenoxy) is 1. The van der Waals surface area contributed by atoms with E-state index >= 15 is 0 Å². The van der Waals surface area contributed by atoms with Crippen molar-refractivity contribution < 1.29 is 13.5 Å². The number of hydrogen-bond acceptors (Lipinski definition) is 2. The van der Waals surface area contributed by atoms with Crippen LogP contribution in [0.25, 0.3) is 0 Å². The molecule has 0 saturated carbocycles. The van der Waals surface area contributed by atoms with Gasteiger partial charge >= 0.3 is 0 Å². The van der Waals surface area contributed by atoms with Crippen molar-refractivity contribution in [1.29, 1.82) is 0 Å². The molecule has 0 atom stereocenters. The van der Waals surface area contributed by atoms with Crippen LogP contribution in [0.2, 0.25) is 5.02 Å². The second kappa shape index (κ2) is 7.38. The Kier molecular flexibility index (Phi) is 5.53. The largest absolute Gasteiger partial charge is 0.454 e. The van der Waals surface area contributed by atoms with E-state index in [1.165, 1.54) is 0 Å². The van der Waals surface area contributed by atoms with Crippen molar-refractivity contribution in [2.75, 3.05) is 6.54 Å². The lowest BCUT2D eigenvalue weighted by Gasteiger charge is -2.13. The van der Waals surface area contributed by atoms with Crippen LogP contribution in [0.15, 0.2) is 36.4 Å². The van der Waals surface area contributed by atoms with Crippen LogP contribution >= 0.6 is 11.6 Å². The monoisotopic (exact) mass is 311 g/mol. The summed E-state index contributed by atoms with van der Waals surface area (Å²) in [7, 11) is 0. The molecule has 2 aromatic rings. The third kappa shape index (κ3) is 4.41. The maximum Gasteiger partial charge on any atom is 0.165 e. The highest BCUT2D eigenvalue weighted by Gasteiger charge is 2.10. The van der Waals surface area contributed by atoms with Crippen molar-refractivity contribution in [2.24, 2.45) is 0 Å². The van der Waals surface area contributed by atoms with E-state index in [1.54, 1.807) is 18.2 Å². The fourth-order valence-electron chi connectivity index (χ4n) is 1.84. The molecular formula is C16H16ClF2NO. The van der Waals surface area contributed by atoms with Crippen molar-refractivity contribution >= 4 is 11.6 Å². The summed E-state index contributed by atoms with van der Waals surface area (Å²) in [5.74, 6) is -0.924. The molecule has 0 aliphatic carbocycles. The van der Waals surface area contributed by atoms with Gasteiger partial charge < -0.3 is 10.1 Å². The maximum atomic E-state index is 13.7. The van der Waals surface area contributed by atoms with Crippen molar-refractivity contribution in [3.8, 4) is 11.5 Å². The summed E-state index contributed by atoms with van der Waals surface area (Å²) in [6.07, 6.45) is 1.00. The standard InChI is InChI=1S/C16H16ClF2NO/c1-2-7-20-10-11-3-4-12(17)8-15(11)21-16-9-13(18)5-6-14(16)19/h3-6,8-9,20H,2,7,10H2,1H3. The predicted octanol–water partition coefficient (Wildman–Crippen LogP) is 4.91. The van der Waals surface area contributed by atoms with E-state index in [4.69, 9.17) is 16.3 Å². The van der Waals surface area contributed by atoms with Crippen LogP contribution in [0.1, 0.15) is 18.9 Å². The van der Waals surface area contributed by atoms with Gasteiger partial charge in [0.15, 0.2) is 11.6 Å². The summed E-state index contributed by atoms with van der Waals surface area (Å²) in [5.41, 5.74) is 0.830. The average molecular weight is 312 g/mol. The number of rotatable bonds is 6. The first-order valence-electron chi connectivity index (χ1n) is 6.72. The van der Waals surface area contributed by atoms with Gasteiger partial charge in [-0.2, -0.15) is 0 Å². The molecule has 0 aliphatic heterocycles. The zero-order valence-corrected chi connectivity index (χ0v) is 12.4. The molecule has 5 heteroatoms. The van der Waals surface area contributed by atoms with Crippen molar-refractivity contribution in [1.82, 2.24) is 5.32 Å². The summed E-state index contributed by atoms with van der Waals surface area (Å²) in [6.45, 7) is 3.49. The highest BCUT2D eigenvalue weighted by Crippen LogP contribution is 2.30. The molecule has 0 amide bonds. The summed E-state index contributed by atoms with van der Waals surface area (Å²) < 4.78 is 32.3. The molecule has 0 radical (unpaired) electrons. The molecule has 0 aliphatic rings. The van der Waals surface area contributed by atoms with Gasteiger partial charge in [0, 0.05) is 23.2 Å². The molecule has 0 saturated heterocycles. The van der Waals surface area contributed by atoms with Crippen molar-refractivity contribution in [3.63, 3.8) is 0 Å². The minimum atomic E-state index is -0.621. The van der Waals surface area contributed by atoms with E-state index in [0.29, 0.717) is 17.3 Å². The Bertz CT molecular complexity index is 619. The van der Waals surface area contributed by atoms with Crippen LogP contribution in [0.4, 0.5) is 8.78 Å². The Labute approximate surface area is 127 Å². The lowest BCUT2D eigenvalue weighted by atomic mass is 10.2. The Hall–Kier alpha value is -1.65. The first-order valence-corrected chi connectivity index (χ1v) is 7.10. The molecule has 0 heterocycles. The van der Waals surface area contributed by atoms with Crippen molar-refractivity contribution in [3.05, 3.63) is 58.6 Å². The Morgan fingerprint density at radius 3 is 2.67 bits per heavy atom. The molecule has 2 rings (SSSR count). The molecule has 0 aromatic heterocycles. The third-order valence-corrected chi connectivity index (χ3v) is 3.12. The summed E-state index contributed by atoms with van der Waals surface area (Å²) >= 11 is 5.95. The van der Waals surface area contributed by atoms with E-state index in [2.05, 4.69) is 12.2 Å². The highest BCUT2D eigenvalue weighted by molar-refractivity contribution is 6.30. The first-order chi connectivity index (χ1) is 10.1. The zero-order valence-electron chi connectivity index (χ0n) is 11.6. The summed E-state index contributed by atoms with van der Waals surface area (Å²) in [5, 5.41) is 3.71. The highest BCUT2D eigenvalue weighted by atomic mass is 35.5. The van der Waals surface area contributed by atoms with Gasteiger partial charge in [0.25, 0.3) is 0 Å². The lowest BCUT2D eigenvalue weighted by Crippen LogP contribution is -2.14. The quantitative estimate of drug-likeness (QED) is 0.765. The first kappa shape index (κ1) is 15.7. The maximum absolute atomic E-state index is 13.7. The van der Waals surface area contributed by atoms with Gasteiger partial charge in [0.05, 0.1) is 0 Å². The van der Waals surface area contributed by atoms with E-state index in [-0.39, 0.29) is 5.75 Å². The van der Waals surface area contributed by atoms with Crippen LogP contribution in [0.3, 0.4) is 0 Å². The Morgan fingerprint density at radius 2 is 1.90 bits per heavy atom. The van der Waals surface area contributed by atoms with E-state index < -0.39 is 11.6 Å². The second-order valence-corrected chi connectivity index (χ2v) is 5.04. The minimum Gasteiger partial charge on any atom is -0.454 e. The van der Waals surface area contributed by atoms with Crippen molar-refractivity contribution in [2.45, 2.75) is 19.9 Å². The van der Waals surface area contributed by atoms with Crippen LogP contribution in [0.5, 0.6) is 11.5 Å². The molecule has 0 fully saturated rings. The topological polar surface area (TPSA) is 21.3 Å². The number of benzene rings is 2. The van der Waals surface area contributed by atoms with Gasteiger partial charge in [-0.1, -0.05) is 24.6 Å². The number of halogens is 3. The lowest BCUT2D eigenvalue weighted by molar-refractivity contribution is 0.430. The number of nitrogens with one attached hydrogen (secondary N) is 1. The smallest absolute Gasteiger partial charge is 0.165 e. The number of hydrogen-bond donors (Lipinski definition) is 1. The van der Waals surface area contributed by atoms with Crippen LogP contribution in [-0.2, 0) is 6.54 Å². The van der Waals surface area contributed by atoms with Crippen LogP contribution in [0, 0.1) is 11.6 Å². The average Bonchev–Trinajstić information content (AvgIpc) is 2.45. The summed E-state index contributed by atoms with van der Waals surface area (Å²) in [6, 6.07) is 8.22. The SMILES string of the molecule is CCCNCc1ccc(Cl)cc1Oc1cc(F)ccc1F. The molecular weight excluding hydrogens is 296 g/mol. The second-order valence-electron chi connectivity index (χ2n) is 4.61. The summed E-state index contributed by atoms with van der Waals surface area (Å²) in [4.78, 5) is 0. The third-order valence-electron chi connectivity index (χ3n) is 2.88. The van der Waals surface area contributed by atoms with Crippen LogP contribution < -0.4 is 10.1 Å². The normalized spacial score (nSPS) is 10.7. The molecule has 1 N–H and O–H groups in total. The van der Waals surface area contributed by atoms with E-state index in [1.807, 2.05) is 0 Å². The molecule has 0 bridgehead atoms. The fourth-order valence-corrected chi connectivity index (χ4v) is 2.01. The molecule has 0 spiro atoms. The molecule has 2 aromatic carbocycles. The molecule has 2 nitrogen and oxygen atoms in total. The van der Waals surface area contributed by atoms with Gasteiger partial charge in [-0.15, -0.1) is 0 Å². The van der Waals surface area contributed by atoms with Gasteiger partial charge in [0.1, 0.15) is 11.6 Å². The van der Waals surface area contributed by atoms with Gasteiger partial charge in [-0.05, 0) is 37.2 Å².